The summed E-state index contributed by atoms with van der Waals surface area (Å²) in [6.45, 7) is 0. The molecule has 5 aromatic rings. The van der Waals surface area contributed by atoms with Crippen LogP contribution in [0.3, 0.4) is 0 Å². The first kappa shape index (κ1) is 17.0. The van der Waals surface area contributed by atoms with Gasteiger partial charge in [-0.05, 0) is 54.6 Å². The lowest BCUT2D eigenvalue weighted by Crippen LogP contribution is -2.11. The van der Waals surface area contributed by atoms with E-state index in [-0.39, 0.29) is 5.91 Å². The highest BCUT2D eigenvalue weighted by atomic mass is 79.9. The molecule has 5 rings (SSSR count). The van der Waals surface area contributed by atoms with Crippen LogP contribution in [0.1, 0.15) is 10.4 Å². The number of amides is 1. The van der Waals surface area contributed by atoms with Gasteiger partial charge in [0, 0.05) is 21.3 Å². The number of benzene rings is 3. The van der Waals surface area contributed by atoms with Crippen LogP contribution < -0.4 is 5.32 Å². The molecular formula is C20H11BrN4O2S. The minimum Gasteiger partial charge on any atom is -0.436 e. The molecule has 0 saturated heterocycles. The van der Waals surface area contributed by atoms with E-state index in [9.17, 15) is 4.79 Å². The van der Waals surface area contributed by atoms with E-state index in [1.165, 1.54) is 0 Å². The Kier molecular flexibility index (Phi) is 4.14. The number of halogens is 1. The van der Waals surface area contributed by atoms with Gasteiger partial charge in [0.25, 0.3) is 5.91 Å². The van der Waals surface area contributed by atoms with E-state index in [0.29, 0.717) is 33.8 Å². The van der Waals surface area contributed by atoms with Crippen molar-refractivity contribution in [3.8, 4) is 11.5 Å². The van der Waals surface area contributed by atoms with Crippen molar-refractivity contribution in [2.45, 2.75) is 0 Å². The predicted octanol–water partition coefficient (Wildman–Crippen LogP) is 5.51. The molecule has 0 fully saturated rings. The summed E-state index contributed by atoms with van der Waals surface area (Å²) in [6.07, 6.45) is 0. The fourth-order valence-corrected chi connectivity index (χ4v) is 3.79. The van der Waals surface area contributed by atoms with Gasteiger partial charge in [0.15, 0.2) is 5.58 Å². The SMILES string of the molecule is O=C(Nc1ccc2oc(-c3cccc(Br)c3)nc2c1)c1ccc2nsnc2c1. The molecule has 0 aliphatic heterocycles. The molecule has 0 bridgehead atoms. The largest absolute Gasteiger partial charge is 0.436 e. The van der Waals surface area contributed by atoms with Crippen LogP contribution in [-0.4, -0.2) is 19.6 Å². The number of carbonyl (C=O) groups excluding carboxylic acids is 1. The molecule has 2 heterocycles. The molecule has 1 amide bonds. The summed E-state index contributed by atoms with van der Waals surface area (Å²) >= 11 is 4.58. The Bertz CT molecular complexity index is 1340. The highest BCUT2D eigenvalue weighted by molar-refractivity contribution is 9.10. The van der Waals surface area contributed by atoms with Gasteiger partial charge in [0.1, 0.15) is 16.6 Å². The zero-order valence-corrected chi connectivity index (χ0v) is 16.6. The number of anilines is 1. The van der Waals surface area contributed by atoms with Crippen molar-refractivity contribution in [1.29, 1.82) is 0 Å². The molecule has 0 spiro atoms. The van der Waals surface area contributed by atoms with E-state index in [0.717, 1.165) is 27.3 Å². The molecule has 0 unspecified atom stereocenters. The summed E-state index contributed by atoms with van der Waals surface area (Å²) in [6, 6.07) is 18.4. The summed E-state index contributed by atoms with van der Waals surface area (Å²) in [5, 5.41) is 2.89. The Hall–Kier alpha value is -3.10. The van der Waals surface area contributed by atoms with E-state index in [2.05, 4.69) is 35.0 Å². The molecule has 2 aromatic heterocycles. The normalized spacial score (nSPS) is 11.2. The van der Waals surface area contributed by atoms with Gasteiger partial charge < -0.3 is 9.73 Å². The third kappa shape index (κ3) is 3.17. The number of rotatable bonds is 3. The zero-order chi connectivity index (χ0) is 19.1. The first-order chi connectivity index (χ1) is 13.7. The predicted molar refractivity (Wildman–Crippen MR) is 113 cm³/mol. The molecular weight excluding hydrogens is 440 g/mol. The number of nitrogens with one attached hydrogen (secondary N) is 1. The number of fused-ring (bicyclic) bond motifs is 2. The second kappa shape index (κ2) is 6.81. The van der Waals surface area contributed by atoms with E-state index in [1.807, 2.05) is 24.3 Å². The maximum atomic E-state index is 12.6. The van der Waals surface area contributed by atoms with Gasteiger partial charge >= 0.3 is 0 Å². The molecule has 0 aliphatic carbocycles. The third-order valence-corrected chi connectivity index (χ3v) is 5.28. The topological polar surface area (TPSA) is 80.9 Å². The average molecular weight is 451 g/mol. The number of carbonyl (C=O) groups is 1. The van der Waals surface area contributed by atoms with Crippen molar-refractivity contribution in [2.75, 3.05) is 5.32 Å². The minimum absolute atomic E-state index is 0.218. The smallest absolute Gasteiger partial charge is 0.255 e. The van der Waals surface area contributed by atoms with Crippen molar-refractivity contribution in [3.05, 3.63) is 70.7 Å². The highest BCUT2D eigenvalue weighted by Gasteiger charge is 2.12. The van der Waals surface area contributed by atoms with Crippen LogP contribution in [0.15, 0.2) is 69.6 Å². The van der Waals surface area contributed by atoms with Gasteiger partial charge in [-0.3, -0.25) is 4.79 Å². The number of hydrogen-bond donors (Lipinski definition) is 1. The summed E-state index contributed by atoms with van der Waals surface area (Å²) in [4.78, 5) is 17.1. The van der Waals surface area contributed by atoms with Crippen LogP contribution in [-0.2, 0) is 0 Å². The number of nitrogens with zero attached hydrogens (tertiary/aromatic N) is 3. The number of hydrogen-bond acceptors (Lipinski definition) is 6. The van der Waals surface area contributed by atoms with Crippen molar-refractivity contribution in [2.24, 2.45) is 0 Å². The molecule has 0 saturated carbocycles. The van der Waals surface area contributed by atoms with Crippen LogP contribution in [0, 0.1) is 0 Å². The second-order valence-electron chi connectivity index (χ2n) is 6.13. The molecule has 6 nitrogen and oxygen atoms in total. The second-order valence-corrected chi connectivity index (χ2v) is 7.58. The fourth-order valence-electron chi connectivity index (χ4n) is 2.88. The maximum absolute atomic E-state index is 12.6. The summed E-state index contributed by atoms with van der Waals surface area (Å²) in [7, 11) is 0. The van der Waals surface area contributed by atoms with E-state index in [1.54, 1.807) is 36.4 Å². The molecule has 136 valence electrons. The molecule has 0 aliphatic rings. The third-order valence-electron chi connectivity index (χ3n) is 4.23. The lowest BCUT2D eigenvalue weighted by molar-refractivity contribution is 0.102. The Balaban J connectivity index is 1.43. The average Bonchev–Trinajstić information content (AvgIpc) is 3.33. The Morgan fingerprint density at radius 3 is 2.75 bits per heavy atom. The molecule has 28 heavy (non-hydrogen) atoms. The first-order valence-electron chi connectivity index (χ1n) is 8.36. The Labute approximate surface area is 171 Å². The zero-order valence-electron chi connectivity index (χ0n) is 14.2. The van der Waals surface area contributed by atoms with E-state index in [4.69, 9.17) is 4.42 Å². The molecule has 1 N–H and O–H groups in total. The molecule has 8 heteroatoms. The van der Waals surface area contributed by atoms with Crippen molar-refractivity contribution in [1.82, 2.24) is 13.7 Å². The van der Waals surface area contributed by atoms with Gasteiger partial charge in [-0.15, -0.1) is 0 Å². The Morgan fingerprint density at radius 1 is 0.964 bits per heavy atom. The molecule has 0 atom stereocenters. The van der Waals surface area contributed by atoms with Crippen molar-refractivity contribution >= 4 is 61.4 Å². The van der Waals surface area contributed by atoms with Gasteiger partial charge in [-0.1, -0.05) is 22.0 Å². The molecule has 0 radical (unpaired) electrons. The Morgan fingerprint density at radius 2 is 1.86 bits per heavy atom. The summed E-state index contributed by atoms with van der Waals surface area (Å²) in [5.74, 6) is 0.311. The van der Waals surface area contributed by atoms with Crippen LogP contribution in [0.5, 0.6) is 0 Å². The summed E-state index contributed by atoms with van der Waals surface area (Å²) in [5.41, 5.74) is 4.86. The van der Waals surface area contributed by atoms with Gasteiger partial charge in [0.05, 0.1) is 11.7 Å². The van der Waals surface area contributed by atoms with Crippen LogP contribution >= 0.6 is 27.7 Å². The van der Waals surface area contributed by atoms with E-state index >= 15 is 0 Å². The van der Waals surface area contributed by atoms with Gasteiger partial charge in [0.2, 0.25) is 5.89 Å². The first-order valence-corrected chi connectivity index (χ1v) is 9.88. The minimum atomic E-state index is -0.218. The van der Waals surface area contributed by atoms with Gasteiger partial charge in [-0.25, -0.2) is 4.98 Å². The van der Waals surface area contributed by atoms with E-state index < -0.39 is 0 Å². The standard InChI is InChI=1S/C20H11BrN4O2S/c21-13-3-1-2-12(8-13)20-23-17-10-14(5-7-18(17)27-20)22-19(26)11-4-6-15-16(9-11)25-28-24-15/h1-10H,(H,22,26). The lowest BCUT2D eigenvalue weighted by Gasteiger charge is -2.04. The van der Waals surface area contributed by atoms with Crippen LogP contribution in [0.25, 0.3) is 33.6 Å². The number of oxazole rings is 1. The van der Waals surface area contributed by atoms with Crippen molar-refractivity contribution in [3.63, 3.8) is 0 Å². The summed E-state index contributed by atoms with van der Waals surface area (Å²) < 4.78 is 15.1. The monoisotopic (exact) mass is 450 g/mol. The number of aromatic nitrogens is 3. The van der Waals surface area contributed by atoms with Gasteiger partial charge in [-0.2, -0.15) is 8.75 Å². The van der Waals surface area contributed by atoms with Crippen LogP contribution in [0.4, 0.5) is 5.69 Å². The van der Waals surface area contributed by atoms with Crippen LogP contribution in [0.2, 0.25) is 0 Å². The lowest BCUT2D eigenvalue weighted by atomic mass is 10.2. The van der Waals surface area contributed by atoms with Crippen molar-refractivity contribution < 1.29 is 9.21 Å². The quantitative estimate of drug-likeness (QED) is 0.391. The molecule has 3 aromatic carbocycles. The fraction of sp³-hybridized carbons (Fsp3) is 0. The highest BCUT2D eigenvalue weighted by Crippen LogP contribution is 2.28. The maximum Gasteiger partial charge on any atom is 0.255 e.